The minimum absolute atomic E-state index is 0.634. The number of fused-ring (bicyclic) bond motifs is 3. The SMILES string of the molecule is N#Cc1ccccc1-c1cc(-c2cccc(-c3ccccc3)n2)cc(-n2c3ccccc3c3ccc(-c4ccc(-c5ccccc5)cc4)cc32)c1. The summed E-state index contributed by atoms with van der Waals surface area (Å²) in [7, 11) is 0. The lowest BCUT2D eigenvalue weighted by Gasteiger charge is -2.15. The predicted molar refractivity (Wildman–Crippen MR) is 210 cm³/mol. The molecular formula is C48H31N3. The number of hydrogen-bond acceptors (Lipinski definition) is 2. The number of aromatic nitrogens is 2. The molecule has 0 atom stereocenters. The summed E-state index contributed by atoms with van der Waals surface area (Å²) in [5.41, 5.74) is 14.3. The Kier molecular flexibility index (Phi) is 7.54. The van der Waals surface area contributed by atoms with E-state index in [9.17, 15) is 5.26 Å². The molecule has 51 heavy (non-hydrogen) atoms. The van der Waals surface area contributed by atoms with E-state index in [1.807, 2.05) is 48.5 Å². The molecule has 0 unspecified atom stereocenters. The molecule has 0 fully saturated rings. The monoisotopic (exact) mass is 649 g/mol. The maximum absolute atomic E-state index is 10.1. The van der Waals surface area contributed by atoms with Crippen molar-refractivity contribution in [3.05, 3.63) is 194 Å². The van der Waals surface area contributed by atoms with Crippen LogP contribution in [0.2, 0.25) is 0 Å². The van der Waals surface area contributed by atoms with Gasteiger partial charge in [-0.05, 0) is 81.9 Å². The van der Waals surface area contributed by atoms with Crippen molar-refractivity contribution in [1.82, 2.24) is 9.55 Å². The number of nitriles is 1. The minimum atomic E-state index is 0.634. The highest BCUT2D eigenvalue weighted by Gasteiger charge is 2.17. The first kappa shape index (κ1) is 30.1. The van der Waals surface area contributed by atoms with Crippen molar-refractivity contribution < 1.29 is 0 Å². The van der Waals surface area contributed by atoms with Crippen molar-refractivity contribution in [2.24, 2.45) is 0 Å². The summed E-state index contributed by atoms with van der Waals surface area (Å²) >= 11 is 0. The molecule has 0 aliphatic carbocycles. The zero-order chi connectivity index (χ0) is 34.1. The molecule has 3 nitrogen and oxygen atoms in total. The molecule has 238 valence electrons. The fourth-order valence-electron chi connectivity index (χ4n) is 7.16. The van der Waals surface area contributed by atoms with E-state index >= 15 is 0 Å². The summed E-state index contributed by atoms with van der Waals surface area (Å²) < 4.78 is 2.36. The van der Waals surface area contributed by atoms with Crippen molar-refractivity contribution in [2.75, 3.05) is 0 Å². The standard InChI is InChI=1S/C48H31N3/c49-32-38-16-7-8-17-42(38)39-28-40(46-20-11-19-45(50-46)36-14-5-2-6-15-36)30-41(29-39)51-47-21-10-9-18-43(47)44-27-26-37(31-48(44)51)35-24-22-34(23-25-35)33-12-3-1-4-13-33/h1-31H. The molecule has 0 radical (unpaired) electrons. The quantitative estimate of drug-likeness (QED) is 0.180. The molecule has 0 amide bonds. The molecule has 7 aromatic carbocycles. The number of pyridine rings is 1. The molecule has 0 N–H and O–H groups in total. The van der Waals surface area contributed by atoms with Crippen LogP contribution in [0, 0.1) is 11.3 Å². The lowest BCUT2D eigenvalue weighted by Crippen LogP contribution is -1.97. The van der Waals surface area contributed by atoms with Gasteiger partial charge in [-0.15, -0.1) is 0 Å². The summed E-state index contributed by atoms with van der Waals surface area (Å²) in [5, 5.41) is 12.5. The van der Waals surface area contributed by atoms with Gasteiger partial charge in [-0.3, -0.25) is 0 Å². The molecule has 9 rings (SSSR count). The molecule has 0 bridgehead atoms. The minimum Gasteiger partial charge on any atom is -0.309 e. The first-order chi connectivity index (χ1) is 25.2. The zero-order valence-corrected chi connectivity index (χ0v) is 27.7. The van der Waals surface area contributed by atoms with Crippen molar-refractivity contribution in [3.8, 4) is 67.7 Å². The average molecular weight is 650 g/mol. The molecule has 2 aromatic heterocycles. The lowest BCUT2D eigenvalue weighted by molar-refractivity contribution is 1.18. The highest BCUT2D eigenvalue weighted by molar-refractivity contribution is 6.10. The third-order valence-electron chi connectivity index (χ3n) is 9.65. The van der Waals surface area contributed by atoms with E-state index in [-0.39, 0.29) is 0 Å². The van der Waals surface area contributed by atoms with E-state index in [4.69, 9.17) is 4.98 Å². The van der Waals surface area contributed by atoms with Crippen LogP contribution < -0.4 is 0 Å². The lowest BCUT2D eigenvalue weighted by atomic mass is 9.96. The van der Waals surface area contributed by atoms with Crippen molar-refractivity contribution in [2.45, 2.75) is 0 Å². The topological polar surface area (TPSA) is 41.6 Å². The molecule has 0 aliphatic rings. The van der Waals surface area contributed by atoms with E-state index in [1.165, 1.54) is 21.9 Å². The van der Waals surface area contributed by atoms with Crippen LogP contribution in [-0.2, 0) is 0 Å². The molecule has 0 saturated heterocycles. The zero-order valence-electron chi connectivity index (χ0n) is 27.7. The normalized spacial score (nSPS) is 11.1. The third-order valence-corrected chi connectivity index (χ3v) is 9.65. The summed E-state index contributed by atoms with van der Waals surface area (Å²) in [4.78, 5) is 5.15. The maximum Gasteiger partial charge on any atom is 0.0998 e. The number of para-hydroxylation sites is 1. The molecule has 9 aromatic rings. The van der Waals surface area contributed by atoms with Crippen LogP contribution in [0.15, 0.2) is 188 Å². The fourth-order valence-corrected chi connectivity index (χ4v) is 7.16. The first-order valence-corrected chi connectivity index (χ1v) is 17.1. The second-order valence-electron chi connectivity index (χ2n) is 12.7. The predicted octanol–water partition coefficient (Wildman–Crippen LogP) is 12.4. The van der Waals surface area contributed by atoms with Gasteiger partial charge in [0.25, 0.3) is 0 Å². The molecular weight excluding hydrogens is 619 g/mol. The summed E-state index contributed by atoms with van der Waals surface area (Å²) in [6.07, 6.45) is 0. The highest BCUT2D eigenvalue weighted by atomic mass is 15.0. The van der Waals surface area contributed by atoms with Gasteiger partial charge < -0.3 is 4.57 Å². The van der Waals surface area contributed by atoms with Crippen LogP contribution in [0.5, 0.6) is 0 Å². The number of rotatable bonds is 6. The van der Waals surface area contributed by atoms with Gasteiger partial charge in [-0.25, -0.2) is 4.98 Å². The Labute approximate surface area is 297 Å². The van der Waals surface area contributed by atoms with Gasteiger partial charge in [0.1, 0.15) is 0 Å². The Morgan fingerprint density at radius 2 is 0.961 bits per heavy atom. The smallest absolute Gasteiger partial charge is 0.0998 e. The van der Waals surface area contributed by atoms with E-state index < -0.39 is 0 Å². The van der Waals surface area contributed by atoms with Crippen LogP contribution in [0.1, 0.15) is 5.56 Å². The second kappa shape index (κ2) is 12.8. The molecule has 2 heterocycles. The molecule has 0 aliphatic heterocycles. The Bertz CT molecular complexity index is 2730. The van der Waals surface area contributed by atoms with Gasteiger partial charge in [-0.2, -0.15) is 5.26 Å². The fraction of sp³-hybridized carbons (Fsp3) is 0. The summed E-state index contributed by atoms with van der Waals surface area (Å²) in [5.74, 6) is 0. The van der Waals surface area contributed by atoms with Gasteiger partial charge in [-0.1, -0.05) is 140 Å². The van der Waals surface area contributed by atoms with Crippen LogP contribution in [0.4, 0.5) is 0 Å². The third kappa shape index (κ3) is 5.56. The van der Waals surface area contributed by atoms with Gasteiger partial charge >= 0.3 is 0 Å². The van der Waals surface area contributed by atoms with Gasteiger partial charge in [0.05, 0.1) is 34.1 Å². The van der Waals surface area contributed by atoms with Crippen LogP contribution in [-0.4, -0.2) is 9.55 Å². The van der Waals surface area contributed by atoms with Crippen LogP contribution in [0.25, 0.3) is 83.4 Å². The number of benzene rings is 7. The maximum atomic E-state index is 10.1. The van der Waals surface area contributed by atoms with Crippen LogP contribution >= 0.6 is 0 Å². The van der Waals surface area contributed by atoms with Crippen molar-refractivity contribution in [3.63, 3.8) is 0 Å². The Balaban J connectivity index is 1.26. The summed E-state index contributed by atoms with van der Waals surface area (Å²) in [6, 6.07) is 67.9. The van der Waals surface area contributed by atoms with Crippen LogP contribution in [0.3, 0.4) is 0 Å². The second-order valence-corrected chi connectivity index (χ2v) is 12.7. The van der Waals surface area contributed by atoms with E-state index in [2.05, 4.69) is 150 Å². The number of hydrogen-bond donors (Lipinski definition) is 0. The first-order valence-electron chi connectivity index (χ1n) is 17.1. The van der Waals surface area contributed by atoms with E-state index in [1.54, 1.807) is 0 Å². The Morgan fingerprint density at radius 1 is 0.392 bits per heavy atom. The molecule has 0 saturated carbocycles. The van der Waals surface area contributed by atoms with Crippen molar-refractivity contribution >= 4 is 21.8 Å². The van der Waals surface area contributed by atoms with Gasteiger partial charge in [0.15, 0.2) is 0 Å². The largest absolute Gasteiger partial charge is 0.309 e. The van der Waals surface area contributed by atoms with Crippen molar-refractivity contribution in [1.29, 1.82) is 5.26 Å². The van der Waals surface area contributed by atoms with Gasteiger partial charge in [0, 0.05) is 27.6 Å². The van der Waals surface area contributed by atoms with E-state index in [0.29, 0.717) is 5.56 Å². The van der Waals surface area contributed by atoms with Gasteiger partial charge in [0.2, 0.25) is 0 Å². The number of nitrogens with zero attached hydrogens (tertiary/aromatic N) is 3. The highest BCUT2D eigenvalue weighted by Crippen LogP contribution is 2.38. The Morgan fingerprint density at radius 3 is 1.73 bits per heavy atom. The molecule has 0 spiro atoms. The summed E-state index contributed by atoms with van der Waals surface area (Å²) in [6.45, 7) is 0. The average Bonchev–Trinajstić information content (AvgIpc) is 3.55. The molecule has 3 heteroatoms. The van der Waals surface area contributed by atoms with E-state index in [0.717, 1.165) is 61.5 Å². The Hall–Kier alpha value is -7.02.